The molecule has 0 aliphatic heterocycles. The second-order valence-electron chi connectivity index (χ2n) is 5.25. The number of nitrogens with two attached hydrogens (primary N) is 1. The molecule has 1 rings (SSSR count). The molecule has 102 valence electrons. The van der Waals surface area contributed by atoms with Crippen LogP contribution in [0.3, 0.4) is 0 Å². The first-order valence-corrected chi connectivity index (χ1v) is 6.91. The quantitative estimate of drug-likeness (QED) is 0.870. The molecule has 0 spiro atoms. The third-order valence-corrected chi connectivity index (χ3v) is 3.24. The van der Waals surface area contributed by atoms with Gasteiger partial charge < -0.3 is 10.6 Å². The Morgan fingerprint density at radius 3 is 2.56 bits per heavy atom. The molecule has 0 aliphatic rings. The summed E-state index contributed by atoms with van der Waals surface area (Å²) in [5, 5.41) is 1.14. The van der Waals surface area contributed by atoms with Gasteiger partial charge in [0.1, 0.15) is 5.82 Å². The number of nitrogens with zero attached hydrogens (tertiary/aromatic N) is 2. The lowest BCUT2D eigenvalue weighted by molar-refractivity contribution is 0.376. The molecule has 0 atom stereocenters. The van der Waals surface area contributed by atoms with E-state index in [0.29, 0.717) is 16.6 Å². The lowest BCUT2D eigenvalue weighted by Crippen LogP contribution is -2.39. The Morgan fingerprint density at radius 1 is 1.39 bits per heavy atom. The highest BCUT2D eigenvalue weighted by Crippen LogP contribution is 2.28. The largest absolute Gasteiger partial charge is 0.355 e. The number of hydrogen-bond donors (Lipinski definition) is 1. The highest BCUT2D eigenvalue weighted by Gasteiger charge is 2.22. The molecule has 0 aromatic carbocycles. The van der Waals surface area contributed by atoms with Crippen molar-refractivity contribution in [3.63, 3.8) is 0 Å². The molecule has 18 heavy (non-hydrogen) atoms. The van der Waals surface area contributed by atoms with Crippen LogP contribution in [-0.4, -0.2) is 24.6 Å². The van der Waals surface area contributed by atoms with E-state index in [9.17, 15) is 0 Å². The van der Waals surface area contributed by atoms with Gasteiger partial charge in [0, 0.05) is 19.3 Å². The minimum atomic E-state index is 0.0276. The van der Waals surface area contributed by atoms with Crippen molar-refractivity contribution in [3.8, 4) is 0 Å². The van der Waals surface area contributed by atoms with Crippen molar-refractivity contribution in [3.05, 3.63) is 22.3 Å². The minimum absolute atomic E-state index is 0.0276. The van der Waals surface area contributed by atoms with E-state index in [-0.39, 0.29) is 5.41 Å². The monoisotopic (exact) mass is 289 g/mol. The summed E-state index contributed by atoms with van der Waals surface area (Å²) in [6.07, 6.45) is 2.65. The normalized spacial score (nSPS) is 11.7. The number of aromatic nitrogens is 1. The number of anilines is 1. The van der Waals surface area contributed by atoms with Gasteiger partial charge in [-0.15, -0.1) is 0 Å². The van der Waals surface area contributed by atoms with Crippen molar-refractivity contribution < 1.29 is 0 Å². The van der Waals surface area contributed by atoms with Crippen LogP contribution in [0.2, 0.25) is 10.0 Å². The number of rotatable bonds is 6. The summed E-state index contributed by atoms with van der Waals surface area (Å²) in [5.41, 5.74) is 5.82. The predicted octanol–water partition coefficient (Wildman–Crippen LogP) is 3.59. The maximum Gasteiger partial charge on any atom is 0.147 e. The predicted molar refractivity (Wildman–Crippen MR) is 79.6 cm³/mol. The van der Waals surface area contributed by atoms with Gasteiger partial charge in [0.05, 0.1) is 10.0 Å². The Labute approximate surface area is 119 Å². The fraction of sp³-hybridized carbons (Fsp3) is 0.615. The molecule has 0 fully saturated rings. The van der Waals surface area contributed by atoms with E-state index < -0.39 is 0 Å². The molecular formula is C13H21Cl2N3. The lowest BCUT2D eigenvalue weighted by atomic mass is 9.93. The van der Waals surface area contributed by atoms with Crippen LogP contribution in [0.15, 0.2) is 12.3 Å². The molecule has 2 N–H and O–H groups in total. The first-order valence-electron chi connectivity index (χ1n) is 6.15. The molecule has 5 heteroatoms. The lowest BCUT2D eigenvalue weighted by Gasteiger charge is -2.33. The van der Waals surface area contributed by atoms with Crippen molar-refractivity contribution in [2.24, 2.45) is 11.1 Å². The molecule has 1 aromatic rings. The van der Waals surface area contributed by atoms with Crippen LogP contribution >= 0.6 is 23.2 Å². The van der Waals surface area contributed by atoms with Crippen molar-refractivity contribution in [2.75, 3.05) is 24.5 Å². The first kappa shape index (κ1) is 15.5. The van der Waals surface area contributed by atoms with E-state index in [1.54, 1.807) is 12.3 Å². The average molecular weight is 290 g/mol. The van der Waals surface area contributed by atoms with Crippen LogP contribution in [0.5, 0.6) is 0 Å². The Morgan fingerprint density at radius 2 is 2.06 bits per heavy atom. The van der Waals surface area contributed by atoms with Gasteiger partial charge in [0.2, 0.25) is 0 Å². The Bertz CT molecular complexity index is 394. The molecule has 1 heterocycles. The molecule has 0 aliphatic carbocycles. The summed E-state index contributed by atoms with van der Waals surface area (Å²) in [7, 11) is 0. The zero-order valence-corrected chi connectivity index (χ0v) is 12.7. The number of pyridine rings is 1. The molecular weight excluding hydrogens is 269 g/mol. The highest BCUT2D eigenvalue weighted by molar-refractivity contribution is 6.36. The Hall–Kier alpha value is -0.510. The van der Waals surface area contributed by atoms with Gasteiger partial charge in [-0.2, -0.15) is 0 Å². The van der Waals surface area contributed by atoms with Crippen LogP contribution in [0, 0.1) is 5.41 Å². The molecule has 0 unspecified atom stereocenters. The standard InChI is InChI=1S/C13H21Cl2N3/c1-4-5-18(9-13(2,3)8-16)12-11(15)6-10(14)7-17-12/h6-7H,4-5,8-9,16H2,1-3H3. The molecule has 0 radical (unpaired) electrons. The summed E-state index contributed by atoms with van der Waals surface area (Å²) >= 11 is 12.1. The van der Waals surface area contributed by atoms with Gasteiger partial charge >= 0.3 is 0 Å². The maximum absolute atomic E-state index is 6.21. The molecule has 0 amide bonds. The average Bonchev–Trinajstić information content (AvgIpc) is 2.28. The van der Waals surface area contributed by atoms with Crippen molar-refractivity contribution >= 4 is 29.0 Å². The molecule has 0 saturated carbocycles. The van der Waals surface area contributed by atoms with Crippen LogP contribution in [0.25, 0.3) is 0 Å². The third-order valence-electron chi connectivity index (χ3n) is 2.75. The van der Waals surface area contributed by atoms with E-state index in [0.717, 1.165) is 25.3 Å². The molecule has 0 bridgehead atoms. The number of hydrogen-bond acceptors (Lipinski definition) is 3. The highest BCUT2D eigenvalue weighted by atomic mass is 35.5. The fourth-order valence-corrected chi connectivity index (χ4v) is 2.25. The van der Waals surface area contributed by atoms with Gasteiger partial charge in [-0.05, 0) is 24.4 Å². The zero-order chi connectivity index (χ0) is 13.8. The SMILES string of the molecule is CCCN(CC(C)(C)CN)c1ncc(Cl)cc1Cl. The summed E-state index contributed by atoms with van der Waals surface area (Å²) in [6, 6.07) is 1.73. The third kappa shape index (κ3) is 4.30. The van der Waals surface area contributed by atoms with E-state index in [2.05, 4.69) is 30.7 Å². The van der Waals surface area contributed by atoms with Crippen LogP contribution in [0.1, 0.15) is 27.2 Å². The number of halogens is 2. The van der Waals surface area contributed by atoms with Crippen molar-refractivity contribution in [1.82, 2.24) is 4.98 Å². The van der Waals surface area contributed by atoms with E-state index in [4.69, 9.17) is 28.9 Å². The second kappa shape index (κ2) is 6.60. The Kier molecular flexibility index (Phi) is 5.70. The zero-order valence-electron chi connectivity index (χ0n) is 11.2. The van der Waals surface area contributed by atoms with Gasteiger partial charge in [-0.1, -0.05) is 44.0 Å². The summed E-state index contributed by atoms with van der Waals surface area (Å²) in [5.74, 6) is 0.782. The second-order valence-corrected chi connectivity index (χ2v) is 6.09. The molecule has 0 saturated heterocycles. The van der Waals surface area contributed by atoms with Crippen LogP contribution in [-0.2, 0) is 0 Å². The maximum atomic E-state index is 6.21. The van der Waals surface area contributed by atoms with E-state index >= 15 is 0 Å². The first-order chi connectivity index (χ1) is 8.39. The summed E-state index contributed by atoms with van der Waals surface area (Å²) in [6.45, 7) is 8.76. The summed E-state index contributed by atoms with van der Waals surface area (Å²) < 4.78 is 0. The van der Waals surface area contributed by atoms with Gasteiger partial charge in [0.25, 0.3) is 0 Å². The van der Waals surface area contributed by atoms with Gasteiger partial charge in [0.15, 0.2) is 0 Å². The smallest absolute Gasteiger partial charge is 0.147 e. The van der Waals surface area contributed by atoms with Gasteiger partial charge in [-0.25, -0.2) is 4.98 Å². The van der Waals surface area contributed by atoms with Gasteiger partial charge in [-0.3, -0.25) is 0 Å². The fourth-order valence-electron chi connectivity index (χ4n) is 1.75. The van der Waals surface area contributed by atoms with Crippen molar-refractivity contribution in [1.29, 1.82) is 0 Å². The molecule has 1 aromatic heterocycles. The van der Waals surface area contributed by atoms with E-state index in [1.165, 1.54) is 0 Å². The van der Waals surface area contributed by atoms with Crippen LogP contribution in [0.4, 0.5) is 5.82 Å². The minimum Gasteiger partial charge on any atom is -0.355 e. The van der Waals surface area contributed by atoms with Crippen molar-refractivity contribution in [2.45, 2.75) is 27.2 Å². The topological polar surface area (TPSA) is 42.1 Å². The van der Waals surface area contributed by atoms with Crippen LogP contribution < -0.4 is 10.6 Å². The molecule has 3 nitrogen and oxygen atoms in total. The Balaban J connectivity index is 2.97. The summed E-state index contributed by atoms with van der Waals surface area (Å²) in [4.78, 5) is 6.51. The van der Waals surface area contributed by atoms with E-state index in [1.807, 2.05) is 0 Å².